The van der Waals surface area contributed by atoms with Crippen LogP contribution in [0.4, 0.5) is 4.79 Å². The van der Waals surface area contributed by atoms with Crippen molar-refractivity contribution in [2.75, 3.05) is 13.1 Å². The second-order valence-electron chi connectivity index (χ2n) is 13.2. The van der Waals surface area contributed by atoms with E-state index in [4.69, 9.17) is 26.3 Å². The molecule has 0 spiro atoms. The molecule has 1 heterocycles. The molecule has 0 radical (unpaired) electrons. The van der Waals surface area contributed by atoms with Crippen LogP contribution in [0.25, 0.3) is 0 Å². The van der Waals surface area contributed by atoms with Crippen molar-refractivity contribution in [1.82, 2.24) is 10.2 Å². The zero-order valence-electron chi connectivity index (χ0n) is 24.5. The Labute approximate surface area is 242 Å². The van der Waals surface area contributed by atoms with E-state index < -0.39 is 5.60 Å². The van der Waals surface area contributed by atoms with Crippen LogP contribution in [0, 0.1) is 22.2 Å². The first-order chi connectivity index (χ1) is 18.6. The molecule has 8 heteroatoms. The molecule has 1 aliphatic carbocycles. The highest BCUT2D eigenvalue weighted by molar-refractivity contribution is 6.31. The Balaban J connectivity index is 1.35. The minimum Gasteiger partial charge on any atom is -0.489 e. The lowest BCUT2D eigenvalue weighted by Crippen LogP contribution is -2.74. The van der Waals surface area contributed by atoms with Crippen molar-refractivity contribution >= 4 is 23.6 Å². The number of halogens is 1. The molecule has 1 saturated heterocycles. The number of ether oxygens (including phenoxy) is 2. The predicted octanol–water partition coefficient (Wildman–Crippen LogP) is 6.94. The molecule has 1 aliphatic heterocycles. The summed E-state index contributed by atoms with van der Waals surface area (Å²) < 4.78 is 11.8. The number of hydrogen-bond acceptors (Lipinski definition) is 5. The van der Waals surface area contributed by atoms with E-state index in [1.807, 2.05) is 45.0 Å². The van der Waals surface area contributed by atoms with Gasteiger partial charge in [0.25, 0.3) is 5.91 Å². The van der Waals surface area contributed by atoms with E-state index in [1.54, 1.807) is 23.1 Å². The Kier molecular flexibility index (Phi) is 8.15. The second-order valence-corrected chi connectivity index (χ2v) is 13.6. The SMILES string of the molecule is CC(C)(C)OC(=O)N1CCC(c2ccc(C(=O)N[C@H]3C(C)(C)[C@H](Oc4ccc(C#N)c(Cl)c4)C3(C)C)cc2)CC1. The zero-order valence-corrected chi connectivity index (χ0v) is 25.3. The number of carbonyl (C=O) groups excluding carboxylic acids is 2. The van der Waals surface area contributed by atoms with Gasteiger partial charge in [-0.3, -0.25) is 4.79 Å². The summed E-state index contributed by atoms with van der Waals surface area (Å²) in [5.74, 6) is 0.832. The minimum absolute atomic E-state index is 0.108. The molecule has 214 valence electrons. The van der Waals surface area contributed by atoms with Gasteiger partial charge >= 0.3 is 6.09 Å². The zero-order chi connectivity index (χ0) is 29.5. The van der Waals surface area contributed by atoms with Crippen LogP contribution in [0.5, 0.6) is 5.75 Å². The molecule has 0 bridgehead atoms. The summed E-state index contributed by atoms with van der Waals surface area (Å²) in [6, 6.07) is 14.9. The first-order valence-electron chi connectivity index (χ1n) is 13.9. The average Bonchev–Trinajstić information content (AvgIpc) is 2.89. The van der Waals surface area contributed by atoms with Gasteiger partial charge in [-0.15, -0.1) is 0 Å². The van der Waals surface area contributed by atoms with Crippen molar-refractivity contribution in [3.8, 4) is 11.8 Å². The number of piperidine rings is 1. The number of rotatable bonds is 5. The van der Waals surface area contributed by atoms with Crippen molar-refractivity contribution in [3.63, 3.8) is 0 Å². The highest BCUT2D eigenvalue weighted by Crippen LogP contribution is 2.55. The van der Waals surface area contributed by atoms with Crippen LogP contribution >= 0.6 is 11.6 Å². The Morgan fingerprint density at radius 2 is 1.62 bits per heavy atom. The molecule has 1 N–H and O–H groups in total. The summed E-state index contributed by atoms with van der Waals surface area (Å²) >= 11 is 6.20. The maximum atomic E-state index is 13.3. The molecule has 2 fully saturated rings. The van der Waals surface area contributed by atoms with E-state index >= 15 is 0 Å². The van der Waals surface area contributed by atoms with E-state index in [2.05, 4.69) is 39.1 Å². The number of nitrogens with one attached hydrogen (secondary N) is 1. The molecule has 2 aromatic rings. The molecule has 2 aliphatic rings. The Morgan fingerprint density at radius 3 is 2.15 bits per heavy atom. The van der Waals surface area contributed by atoms with Crippen LogP contribution in [0.2, 0.25) is 5.02 Å². The smallest absolute Gasteiger partial charge is 0.410 e. The number of nitrogens with zero attached hydrogens (tertiary/aromatic N) is 2. The quantitative estimate of drug-likeness (QED) is 0.424. The highest BCUT2D eigenvalue weighted by Gasteiger charge is 2.64. The minimum atomic E-state index is -0.499. The van der Waals surface area contributed by atoms with Gasteiger partial charge in [-0.1, -0.05) is 51.4 Å². The standard InChI is InChI=1S/C32H40ClN3O4/c1-30(2,3)40-29(38)36-16-14-21(15-17-36)20-8-10-22(11-9-20)26(37)35-27-31(4,5)28(32(27,6)7)39-24-13-12-23(19-34)25(33)18-24/h8-13,18,21,27-28H,14-17H2,1-7H3,(H,35,37)/t27-,28-. The highest BCUT2D eigenvalue weighted by atomic mass is 35.5. The number of benzene rings is 2. The topological polar surface area (TPSA) is 91.7 Å². The van der Waals surface area contributed by atoms with E-state index in [1.165, 1.54) is 5.56 Å². The fourth-order valence-corrected chi connectivity index (χ4v) is 6.65. The molecule has 7 nitrogen and oxygen atoms in total. The molecule has 0 unspecified atom stereocenters. The summed E-state index contributed by atoms with van der Waals surface area (Å²) in [5.41, 5.74) is 1.04. The van der Waals surface area contributed by atoms with E-state index in [0.717, 1.165) is 12.8 Å². The third-order valence-electron chi connectivity index (χ3n) is 8.22. The van der Waals surface area contributed by atoms with Gasteiger partial charge in [0.2, 0.25) is 0 Å². The fraction of sp³-hybridized carbons (Fsp3) is 0.531. The molecule has 1 saturated carbocycles. The van der Waals surface area contributed by atoms with Gasteiger partial charge in [-0.05, 0) is 69.4 Å². The van der Waals surface area contributed by atoms with Crippen LogP contribution < -0.4 is 10.1 Å². The Bertz CT molecular complexity index is 1280. The average molecular weight is 566 g/mol. The molecule has 0 aromatic heterocycles. The van der Waals surface area contributed by atoms with Crippen molar-refractivity contribution in [3.05, 3.63) is 64.2 Å². The second kappa shape index (κ2) is 11.0. The molecule has 4 rings (SSSR count). The van der Waals surface area contributed by atoms with Gasteiger partial charge in [0.1, 0.15) is 23.5 Å². The lowest BCUT2D eigenvalue weighted by molar-refractivity contribution is -0.164. The van der Waals surface area contributed by atoms with Crippen LogP contribution in [-0.2, 0) is 4.74 Å². The van der Waals surface area contributed by atoms with Crippen LogP contribution in [0.1, 0.15) is 88.7 Å². The van der Waals surface area contributed by atoms with E-state index in [9.17, 15) is 9.59 Å². The van der Waals surface area contributed by atoms with Gasteiger partial charge in [0.15, 0.2) is 0 Å². The van der Waals surface area contributed by atoms with Crippen molar-refractivity contribution in [2.45, 2.75) is 85.0 Å². The molecule has 2 aromatic carbocycles. The molecule has 0 atom stereocenters. The van der Waals surface area contributed by atoms with Gasteiger partial charge < -0.3 is 19.7 Å². The number of carbonyl (C=O) groups is 2. The van der Waals surface area contributed by atoms with Crippen LogP contribution in [-0.4, -0.2) is 47.7 Å². The van der Waals surface area contributed by atoms with Gasteiger partial charge in [-0.2, -0.15) is 5.26 Å². The summed E-state index contributed by atoms with van der Waals surface area (Å²) in [4.78, 5) is 27.4. The lowest BCUT2D eigenvalue weighted by atomic mass is 9.49. The Morgan fingerprint density at radius 1 is 1.02 bits per heavy atom. The first-order valence-corrected chi connectivity index (χ1v) is 14.3. The van der Waals surface area contributed by atoms with E-state index in [-0.39, 0.29) is 35.0 Å². The van der Waals surface area contributed by atoms with Crippen molar-refractivity contribution in [2.24, 2.45) is 10.8 Å². The number of hydrogen-bond donors (Lipinski definition) is 1. The first kappa shape index (κ1) is 29.7. The van der Waals surface area contributed by atoms with Crippen molar-refractivity contribution in [1.29, 1.82) is 5.26 Å². The van der Waals surface area contributed by atoms with Crippen molar-refractivity contribution < 1.29 is 19.1 Å². The number of nitriles is 1. The molecule has 2 amide bonds. The fourth-order valence-electron chi connectivity index (χ4n) is 6.44. The largest absolute Gasteiger partial charge is 0.489 e. The molecular weight excluding hydrogens is 526 g/mol. The van der Waals surface area contributed by atoms with Gasteiger partial charge in [0, 0.05) is 41.6 Å². The predicted molar refractivity (Wildman–Crippen MR) is 156 cm³/mol. The summed E-state index contributed by atoms with van der Waals surface area (Å²) in [6.45, 7) is 15.3. The van der Waals surface area contributed by atoms with Crippen LogP contribution in [0.3, 0.4) is 0 Å². The lowest BCUT2D eigenvalue weighted by Gasteiger charge is -2.63. The van der Waals surface area contributed by atoms with Gasteiger partial charge in [-0.25, -0.2) is 4.79 Å². The van der Waals surface area contributed by atoms with Crippen LogP contribution in [0.15, 0.2) is 42.5 Å². The molecule has 40 heavy (non-hydrogen) atoms. The van der Waals surface area contributed by atoms with Gasteiger partial charge in [0.05, 0.1) is 10.6 Å². The third kappa shape index (κ3) is 6.07. The summed E-state index contributed by atoms with van der Waals surface area (Å²) in [7, 11) is 0. The normalized spacial score (nSPS) is 22.0. The Hall–Kier alpha value is -3.24. The maximum absolute atomic E-state index is 13.3. The number of amides is 2. The number of likely N-dealkylation sites (tertiary alicyclic amines) is 1. The van der Waals surface area contributed by atoms with E-state index in [0.29, 0.717) is 40.9 Å². The summed E-state index contributed by atoms with van der Waals surface area (Å²) in [6.07, 6.45) is 1.30. The third-order valence-corrected chi connectivity index (χ3v) is 8.53. The molecular formula is C32H40ClN3O4. The summed E-state index contributed by atoms with van der Waals surface area (Å²) in [5, 5.41) is 12.7. The monoisotopic (exact) mass is 565 g/mol. The maximum Gasteiger partial charge on any atom is 0.410 e.